The third-order valence-electron chi connectivity index (χ3n) is 4.59. The lowest BCUT2D eigenvalue weighted by atomic mass is 9.99. The number of methoxy groups -OCH3 is 1. The number of nitrogen functional groups attached to an aromatic ring is 1. The molecule has 0 heterocycles. The third kappa shape index (κ3) is 5.20. The smallest absolute Gasteiger partial charge is 0.255 e. The Morgan fingerprint density at radius 2 is 2.00 bits per heavy atom. The molecule has 1 atom stereocenters. The molecule has 0 radical (unpaired) electrons. The van der Waals surface area contributed by atoms with Crippen molar-refractivity contribution in [2.75, 3.05) is 19.5 Å². The fourth-order valence-corrected chi connectivity index (χ4v) is 2.83. The molecular formula is C22H27FN3O3+. The molecule has 1 amide bonds. The third-order valence-corrected chi connectivity index (χ3v) is 4.59. The normalized spacial score (nSPS) is 12.2. The van der Waals surface area contributed by atoms with E-state index >= 15 is 0 Å². The number of carbonyl (C=O) groups is 1. The number of hydrogen-bond donors (Lipinski definition) is 4. The molecule has 0 spiro atoms. The summed E-state index contributed by atoms with van der Waals surface area (Å²) in [5, 5.41) is 18.4. The van der Waals surface area contributed by atoms with Gasteiger partial charge >= 0.3 is 0 Å². The Morgan fingerprint density at radius 3 is 2.59 bits per heavy atom. The predicted octanol–water partition coefficient (Wildman–Crippen LogP) is 1.42. The summed E-state index contributed by atoms with van der Waals surface area (Å²) in [6.45, 7) is 3.60. The summed E-state index contributed by atoms with van der Waals surface area (Å²) in [5.74, 6) is -0.544. The van der Waals surface area contributed by atoms with E-state index in [2.05, 4.69) is 5.32 Å². The lowest BCUT2D eigenvalue weighted by Gasteiger charge is -2.21. The molecular weight excluding hydrogens is 373 g/mol. The lowest BCUT2D eigenvalue weighted by molar-refractivity contribution is -0.111. The highest BCUT2D eigenvalue weighted by molar-refractivity contribution is 6.14. The Hall–Kier alpha value is -3.19. The van der Waals surface area contributed by atoms with Gasteiger partial charge in [0.15, 0.2) is 0 Å². The zero-order valence-electron chi connectivity index (χ0n) is 16.8. The van der Waals surface area contributed by atoms with Gasteiger partial charge in [0.25, 0.3) is 5.91 Å². The fourth-order valence-electron chi connectivity index (χ4n) is 2.83. The number of nitrogens with one attached hydrogen (secondary N) is 1. The second-order valence-electron chi connectivity index (χ2n) is 6.93. The molecule has 0 saturated carbocycles. The van der Waals surface area contributed by atoms with E-state index in [1.54, 1.807) is 24.3 Å². The second kappa shape index (κ2) is 9.84. The Labute approximate surface area is 169 Å². The molecule has 154 valence electrons. The number of aliphatic hydroxyl groups is 1. The molecule has 2 aromatic rings. The minimum Gasteiger partial charge on any atom is -0.495 e. The largest absolute Gasteiger partial charge is 0.495 e. The van der Waals surface area contributed by atoms with Gasteiger partial charge in [-0.3, -0.25) is 10.2 Å². The summed E-state index contributed by atoms with van der Waals surface area (Å²) in [6.07, 6.45) is 3.04. The van der Waals surface area contributed by atoms with Crippen LogP contribution < -0.4 is 21.2 Å². The minimum absolute atomic E-state index is 0.0449. The van der Waals surface area contributed by atoms with Crippen molar-refractivity contribution in [3.05, 3.63) is 65.0 Å². The molecule has 2 aromatic carbocycles. The molecule has 0 aliphatic heterocycles. The number of anilines is 1. The minimum atomic E-state index is -0.415. The van der Waals surface area contributed by atoms with Gasteiger partial charge in [-0.15, -0.1) is 0 Å². The van der Waals surface area contributed by atoms with Crippen molar-refractivity contribution in [3.8, 4) is 5.75 Å². The van der Waals surface area contributed by atoms with E-state index in [1.165, 1.54) is 31.4 Å². The Morgan fingerprint density at radius 1 is 1.31 bits per heavy atom. The summed E-state index contributed by atoms with van der Waals surface area (Å²) >= 11 is 0. The van der Waals surface area contributed by atoms with E-state index in [9.17, 15) is 14.3 Å². The molecule has 0 aromatic heterocycles. The van der Waals surface area contributed by atoms with Crippen LogP contribution in [0.25, 0.3) is 6.08 Å². The van der Waals surface area contributed by atoms with Crippen LogP contribution in [0.5, 0.6) is 5.75 Å². The number of rotatable bonds is 8. The van der Waals surface area contributed by atoms with Crippen LogP contribution in [-0.2, 0) is 0 Å². The first-order chi connectivity index (χ1) is 13.8. The highest BCUT2D eigenvalue weighted by Crippen LogP contribution is 2.29. The van der Waals surface area contributed by atoms with Gasteiger partial charge < -0.3 is 20.9 Å². The first kappa shape index (κ1) is 22.1. The number of benzene rings is 2. The highest BCUT2D eigenvalue weighted by Gasteiger charge is 2.24. The first-order valence-electron chi connectivity index (χ1n) is 9.23. The number of halogens is 1. The molecule has 7 heteroatoms. The molecule has 2 rings (SSSR count). The Balaban J connectivity index is 2.40. The summed E-state index contributed by atoms with van der Waals surface area (Å²) in [7, 11) is 1.41. The van der Waals surface area contributed by atoms with Gasteiger partial charge in [0, 0.05) is 17.3 Å². The number of hydrogen-bond acceptors (Lipinski definition) is 4. The van der Waals surface area contributed by atoms with Crippen LogP contribution in [0.2, 0.25) is 0 Å². The standard InChI is InChI=1S/C22H26FN3O3/c1-13(2)19(12-27)26-22(28)15-9-11-18(25)20(21(15)29-3)17(24)10-8-14-6-4-5-7-16(14)23/h4-11,13,19,24,27H,12,25H2,1-3H3,(H,26,28)/p+1/b10-8+,24-17?/t19-/m1/s1. The maximum atomic E-state index is 13.8. The molecule has 29 heavy (non-hydrogen) atoms. The maximum Gasteiger partial charge on any atom is 0.255 e. The molecule has 0 aliphatic carbocycles. The highest BCUT2D eigenvalue weighted by atomic mass is 19.1. The number of ether oxygens (including phenoxy) is 1. The van der Waals surface area contributed by atoms with Crippen LogP contribution in [0, 0.1) is 11.7 Å². The van der Waals surface area contributed by atoms with E-state index in [0.717, 1.165) is 0 Å². The lowest BCUT2D eigenvalue weighted by Crippen LogP contribution is -2.42. The quantitative estimate of drug-likeness (QED) is 0.397. The molecule has 6 N–H and O–H groups in total. The number of aliphatic hydroxyl groups excluding tert-OH is 1. The van der Waals surface area contributed by atoms with E-state index in [1.807, 2.05) is 13.8 Å². The van der Waals surface area contributed by atoms with Gasteiger partial charge in [0.05, 0.1) is 25.3 Å². The van der Waals surface area contributed by atoms with E-state index in [-0.39, 0.29) is 35.4 Å². The number of carbonyl (C=O) groups excluding carboxylic acids is 1. The van der Waals surface area contributed by atoms with Crippen LogP contribution in [0.1, 0.15) is 35.3 Å². The zero-order valence-corrected chi connectivity index (χ0v) is 16.8. The van der Waals surface area contributed by atoms with Gasteiger partial charge in [-0.1, -0.05) is 32.0 Å². The van der Waals surface area contributed by atoms with Crippen molar-refractivity contribution in [3.63, 3.8) is 0 Å². The average molecular weight is 400 g/mol. The number of amides is 1. The second-order valence-corrected chi connectivity index (χ2v) is 6.93. The summed E-state index contributed by atoms with van der Waals surface area (Å²) in [6, 6.07) is 8.96. The van der Waals surface area contributed by atoms with Crippen LogP contribution in [0.4, 0.5) is 10.1 Å². The maximum absolute atomic E-state index is 13.8. The van der Waals surface area contributed by atoms with Gasteiger partial charge in [-0.05, 0) is 30.2 Å². The summed E-state index contributed by atoms with van der Waals surface area (Å²) in [4.78, 5) is 12.7. The SMILES string of the molecule is COc1c(C(=O)N[C@H](CO)C(C)C)ccc(N)c1C(=[NH2+])/C=C/c1ccccc1F. The molecule has 0 fully saturated rings. The van der Waals surface area contributed by atoms with Crippen LogP contribution >= 0.6 is 0 Å². The number of allylic oxidation sites excluding steroid dienone is 1. The molecule has 6 nitrogen and oxygen atoms in total. The molecule has 0 saturated heterocycles. The van der Waals surface area contributed by atoms with E-state index in [0.29, 0.717) is 16.8 Å². The Kier molecular flexibility index (Phi) is 7.50. The van der Waals surface area contributed by atoms with Crippen LogP contribution in [0.3, 0.4) is 0 Å². The zero-order chi connectivity index (χ0) is 21.6. The molecule has 0 bridgehead atoms. The first-order valence-corrected chi connectivity index (χ1v) is 9.23. The van der Waals surface area contributed by atoms with Crippen molar-refractivity contribution in [1.29, 1.82) is 0 Å². The fraction of sp³-hybridized carbons (Fsp3) is 0.273. The number of nitrogens with two attached hydrogens (primary N) is 2. The monoisotopic (exact) mass is 400 g/mol. The van der Waals surface area contributed by atoms with Crippen molar-refractivity contribution in [1.82, 2.24) is 5.32 Å². The van der Waals surface area contributed by atoms with Crippen molar-refractivity contribution in [2.24, 2.45) is 5.92 Å². The van der Waals surface area contributed by atoms with Gasteiger partial charge in [0.1, 0.15) is 17.1 Å². The van der Waals surface area contributed by atoms with E-state index < -0.39 is 11.9 Å². The topological polar surface area (TPSA) is 110 Å². The molecule has 0 aliphatic rings. The van der Waals surface area contributed by atoms with E-state index in [4.69, 9.17) is 15.9 Å². The predicted molar refractivity (Wildman–Crippen MR) is 112 cm³/mol. The Bertz CT molecular complexity index is 926. The van der Waals surface area contributed by atoms with Gasteiger partial charge in [-0.25, -0.2) is 4.39 Å². The summed E-state index contributed by atoms with van der Waals surface area (Å²) < 4.78 is 19.3. The van der Waals surface area contributed by atoms with Crippen LogP contribution in [-0.4, -0.2) is 36.5 Å². The van der Waals surface area contributed by atoms with Crippen molar-refractivity contribution < 1.29 is 24.4 Å². The van der Waals surface area contributed by atoms with Crippen molar-refractivity contribution in [2.45, 2.75) is 19.9 Å². The molecule has 0 unspecified atom stereocenters. The van der Waals surface area contributed by atoms with Crippen molar-refractivity contribution >= 4 is 23.4 Å². The van der Waals surface area contributed by atoms with Gasteiger partial charge in [-0.2, -0.15) is 0 Å². The van der Waals surface area contributed by atoms with Gasteiger partial charge in [0.2, 0.25) is 5.71 Å². The van der Waals surface area contributed by atoms with Crippen LogP contribution in [0.15, 0.2) is 42.5 Å². The average Bonchev–Trinajstić information content (AvgIpc) is 2.70. The summed E-state index contributed by atoms with van der Waals surface area (Å²) in [5.41, 5.74) is 7.56.